The number of carbonyl (C=O) groups excluding carboxylic acids is 5. The van der Waals surface area contributed by atoms with E-state index < -0.39 is 54.3 Å². The standard InChI is InChI=1S/C41H48N6O11/c1-4-6-7-8-19-56-41(54)47-36(43)26-11-13-27(14-12-26)45-37(50)30-20-25(5-2)33(55-3)21-29(30)28-15-17-32(38(51)44-22-24-9-10-24)46-35(28)40(53)58-23-57-39(52)31(42)16-18-34(48)49/h5,11-15,17,20-21,24,31H,2,4,6-10,16,18-19,22-23,42H2,1,3H3,(H,44,51)(H,45,50)(H,48,49)(H2,43,47,54)/t31-/m0/s1. The normalized spacial score (nSPS) is 12.3. The third kappa shape index (κ3) is 13.0. The maximum absolute atomic E-state index is 14.0. The number of esters is 2. The van der Waals surface area contributed by atoms with E-state index in [9.17, 15) is 28.8 Å². The number of amides is 3. The maximum Gasteiger partial charge on any atom is 0.412 e. The number of nitrogens with zero attached hydrogens (tertiary/aromatic N) is 1. The van der Waals surface area contributed by atoms with Crippen LogP contribution in [0.4, 0.5) is 10.5 Å². The molecule has 7 N–H and O–H groups in total. The molecule has 17 nitrogen and oxygen atoms in total. The molecule has 0 saturated heterocycles. The number of aliphatic carboxylic acids is 1. The number of hydrogen-bond donors (Lipinski definition) is 6. The molecule has 58 heavy (non-hydrogen) atoms. The van der Waals surface area contributed by atoms with Crippen LogP contribution in [0.25, 0.3) is 17.2 Å². The highest BCUT2D eigenvalue weighted by Crippen LogP contribution is 2.35. The van der Waals surface area contributed by atoms with Crippen molar-refractivity contribution in [2.24, 2.45) is 11.7 Å². The number of unbranched alkanes of at least 4 members (excludes halogenated alkanes) is 3. The number of anilines is 1. The maximum atomic E-state index is 14.0. The van der Waals surface area contributed by atoms with Crippen molar-refractivity contribution in [3.63, 3.8) is 0 Å². The third-order valence-electron chi connectivity index (χ3n) is 8.95. The molecule has 0 bridgehead atoms. The van der Waals surface area contributed by atoms with Crippen molar-refractivity contribution >= 4 is 53.4 Å². The van der Waals surface area contributed by atoms with Gasteiger partial charge in [0.25, 0.3) is 11.8 Å². The largest absolute Gasteiger partial charge is 0.496 e. The molecule has 1 aliphatic carbocycles. The molecule has 308 valence electrons. The number of amidine groups is 1. The molecule has 4 rings (SSSR count). The second-order valence-corrected chi connectivity index (χ2v) is 13.4. The lowest BCUT2D eigenvalue weighted by Crippen LogP contribution is -2.33. The first kappa shape index (κ1) is 44.1. The Balaban J connectivity index is 1.60. The van der Waals surface area contributed by atoms with Crippen molar-refractivity contribution in [3.05, 3.63) is 83.2 Å². The number of carboxylic acids is 1. The van der Waals surface area contributed by atoms with Gasteiger partial charge >= 0.3 is 24.0 Å². The zero-order valence-electron chi connectivity index (χ0n) is 32.4. The molecule has 0 unspecified atom stereocenters. The first-order valence-corrected chi connectivity index (χ1v) is 18.7. The Hall–Kier alpha value is -6.62. The van der Waals surface area contributed by atoms with Gasteiger partial charge in [-0.3, -0.25) is 29.9 Å². The molecule has 1 fully saturated rings. The monoisotopic (exact) mass is 800 g/mol. The van der Waals surface area contributed by atoms with Crippen molar-refractivity contribution in [3.8, 4) is 16.9 Å². The molecule has 17 heteroatoms. The van der Waals surface area contributed by atoms with Crippen LogP contribution >= 0.6 is 0 Å². The third-order valence-corrected chi connectivity index (χ3v) is 8.95. The Bertz CT molecular complexity index is 2010. The highest BCUT2D eigenvalue weighted by molar-refractivity contribution is 6.11. The molecule has 1 aliphatic rings. The van der Waals surface area contributed by atoms with Crippen molar-refractivity contribution in [1.29, 1.82) is 5.41 Å². The fourth-order valence-corrected chi connectivity index (χ4v) is 5.49. The Kier molecular flexibility index (Phi) is 16.4. The second kappa shape index (κ2) is 21.6. The second-order valence-electron chi connectivity index (χ2n) is 13.4. The fourth-order valence-electron chi connectivity index (χ4n) is 5.49. The summed E-state index contributed by atoms with van der Waals surface area (Å²) in [6.45, 7) is 5.65. The van der Waals surface area contributed by atoms with Gasteiger partial charge in [-0.05, 0) is 80.1 Å². The quantitative estimate of drug-likeness (QED) is 0.0264. The van der Waals surface area contributed by atoms with Crippen LogP contribution in [0.15, 0.2) is 55.1 Å². The van der Waals surface area contributed by atoms with Gasteiger partial charge in [0.05, 0.1) is 13.7 Å². The Morgan fingerprint density at radius 2 is 1.72 bits per heavy atom. The molecule has 1 saturated carbocycles. The summed E-state index contributed by atoms with van der Waals surface area (Å²) in [5.41, 5.74) is 6.52. The van der Waals surface area contributed by atoms with Crippen molar-refractivity contribution < 1.29 is 52.8 Å². The number of carbonyl (C=O) groups is 6. The van der Waals surface area contributed by atoms with Crippen molar-refractivity contribution in [2.75, 3.05) is 32.4 Å². The van der Waals surface area contributed by atoms with Crippen molar-refractivity contribution in [1.82, 2.24) is 15.6 Å². The van der Waals surface area contributed by atoms with Crippen LogP contribution in [-0.2, 0) is 23.8 Å². The molecular weight excluding hydrogens is 752 g/mol. The topological polar surface area (TPSA) is 258 Å². The predicted octanol–water partition coefficient (Wildman–Crippen LogP) is 5.27. The zero-order chi connectivity index (χ0) is 42.2. The summed E-state index contributed by atoms with van der Waals surface area (Å²) in [5, 5.41) is 25.1. The average molecular weight is 801 g/mol. The van der Waals surface area contributed by atoms with E-state index in [-0.39, 0.29) is 53.4 Å². The molecule has 0 aliphatic heterocycles. The van der Waals surface area contributed by atoms with Crippen LogP contribution in [0.2, 0.25) is 0 Å². The van der Waals surface area contributed by atoms with E-state index >= 15 is 0 Å². The first-order valence-electron chi connectivity index (χ1n) is 18.7. The molecule has 2 aromatic carbocycles. The van der Waals surface area contributed by atoms with Crippen LogP contribution < -0.4 is 26.4 Å². The molecule has 1 heterocycles. The summed E-state index contributed by atoms with van der Waals surface area (Å²) in [5.74, 6) is -4.02. The van der Waals surface area contributed by atoms with E-state index in [2.05, 4.69) is 34.4 Å². The number of rotatable bonds is 21. The lowest BCUT2D eigenvalue weighted by Gasteiger charge is -2.17. The van der Waals surface area contributed by atoms with Gasteiger partial charge in [0.1, 0.15) is 23.3 Å². The van der Waals surface area contributed by atoms with E-state index in [1.807, 2.05) is 0 Å². The van der Waals surface area contributed by atoms with E-state index in [0.29, 0.717) is 29.3 Å². The van der Waals surface area contributed by atoms with E-state index in [0.717, 1.165) is 38.5 Å². The number of nitrogens with two attached hydrogens (primary N) is 1. The summed E-state index contributed by atoms with van der Waals surface area (Å²) >= 11 is 0. The smallest absolute Gasteiger partial charge is 0.412 e. The summed E-state index contributed by atoms with van der Waals surface area (Å²) in [6.07, 6.45) is 5.85. The lowest BCUT2D eigenvalue weighted by atomic mass is 9.94. The zero-order valence-corrected chi connectivity index (χ0v) is 32.4. The lowest BCUT2D eigenvalue weighted by molar-refractivity contribution is -0.154. The minimum absolute atomic E-state index is 0.0356. The summed E-state index contributed by atoms with van der Waals surface area (Å²) in [7, 11) is 1.41. The number of ether oxygens (including phenoxy) is 4. The van der Waals surface area contributed by atoms with Crippen LogP contribution in [-0.4, -0.2) is 84.8 Å². The first-order chi connectivity index (χ1) is 27.8. The number of aromatic nitrogens is 1. The van der Waals surface area contributed by atoms with E-state index in [1.165, 1.54) is 61.7 Å². The van der Waals surface area contributed by atoms with E-state index in [4.69, 9.17) is 35.2 Å². The number of pyridine rings is 1. The molecule has 1 aromatic heterocycles. The van der Waals surface area contributed by atoms with Crippen LogP contribution in [0.1, 0.15) is 101 Å². The highest BCUT2D eigenvalue weighted by Gasteiger charge is 2.27. The number of carboxylic acid groups (broad SMARTS) is 1. The van der Waals surface area contributed by atoms with E-state index in [1.54, 1.807) is 0 Å². The van der Waals surface area contributed by atoms with Crippen LogP contribution in [0.5, 0.6) is 5.75 Å². The van der Waals surface area contributed by atoms with Crippen LogP contribution in [0, 0.1) is 11.3 Å². The van der Waals surface area contributed by atoms with Gasteiger partial charge in [-0.15, -0.1) is 0 Å². The molecular formula is C41H48N6O11. The minimum Gasteiger partial charge on any atom is -0.496 e. The van der Waals surface area contributed by atoms with Crippen molar-refractivity contribution in [2.45, 2.75) is 64.3 Å². The highest BCUT2D eigenvalue weighted by atomic mass is 16.7. The van der Waals surface area contributed by atoms with Gasteiger partial charge in [-0.1, -0.05) is 38.8 Å². The summed E-state index contributed by atoms with van der Waals surface area (Å²) in [6, 6.07) is 10.6. The number of benzene rings is 2. The number of methoxy groups -OCH3 is 1. The van der Waals surface area contributed by atoms with Crippen LogP contribution in [0.3, 0.4) is 0 Å². The Labute approximate surface area is 335 Å². The fraction of sp³-hybridized carbons (Fsp3) is 0.366. The molecule has 0 spiro atoms. The molecule has 1 atom stereocenters. The molecule has 3 aromatic rings. The van der Waals surface area contributed by atoms with Gasteiger partial charge in [-0.25, -0.2) is 14.6 Å². The Morgan fingerprint density at radius 3 is 2.38 bits per heavy atom. The molecule has 0 radical (unpaired) electrons. The number of hydrogen-bond acceptors (Lipinski definition) is 13. The summed E-state index contributed by atoms with van der Waals surface area (Å²) < 4.78 is 20.9. The van der Waals surface area contributed by atoms with Gasteiger partial charge in [-0.2, -0.15) is 0 Å². The SMILES string of the molecule is C=Cc1cc(C(=O)Nc2ccc(C(=N)NC(=O)OCCCCCC)cc2)c(-c2ccc(C(=O)NCC3CC3)nc2C(=O)OCOC(=O)[C@@H](N)CCC(=O)O)cc1OC. The molecule has 3 amide bonds. The average Bonchev–Trinajstić information content (AvgIpc) is 4.06. The van der Waals surface area contributed by atoms with Gasteiger partial charge < -0.3 is 40.4 Å². The van der Waals surface area contributed by atoms with Gasteiger partial charge in [0.2, 0.25) is 6.79 Å². The van der Waals surface area contributed by atoms with Gasteiger partial charge in [0, 0.05) is 46.5 Å². The Morgan fingerprint density at radius 1 is 0.983 bits per heavy atom. The van der Waals surface area contributed by atoms with Gasteiger partial charge in [0.15, 0.2) is 5.69 Å². The summed E-state index contributed by atoms with van der Waals surface area (Å²) in [4.78, 5) is 80.3. The predicted molar refractivity (Wildman–Crippen MR) is 212 cm³/mol. The minimum atomic E-state index is -1.28. The number of alkyl carbamates (subject to hydrolysis) is 1. The number of nitrogens with one attached hydrogen (secondary N) is 4.